The molecule has 0 amide bonds. The molecule has 0 fully saturated rings. The Labute approximate surface area is 177 Å². The molecule has 0 saturated carbocycles. The first kappa shape index (κ1) is 21.7. The molecule has 3 aromatic rings. The second-order valence-electron chi connectivity index (χ2n) is 7.03. The molecule has 0 radical (unpaired) electrons. The Hall–Kier alpha value is -2.97. The van der Waals surface area contributed by atoms with Gasteiger partial charge in [-0.2, -0.15) is 0 Å². The summed E-state index contributed by atoms with van der Waals surface area (Å²) < 4.78 is 19.8. The average Bonchev–Trinajstić information content (AvgIpc) is 2.82. The Balaban J connectivity index is 1.76. The van der Waals surface area contributed by atoms with Gasteiger partial charge >= 0.3 is 5.97 Å². The van der Waals surface area contributed by atoms with Crippen LogP contribution < -0.4 is 10.6 Å². The van der Waals surface area contributed by atoms with Crippen molar-refractivity contribution in [3.8, 4) is 0 Å². The maximum Gasteiger partial charge on any atom is 0.338 e. The lowest BCUT2D eigenvalue weighted by Crippen LogP contribution is -2.26. The van der Waals surface area contributed by atoms with Crippen LogP contribution in [0.3, 0.4) is 0 Å². The summed E-state index contributed by atoms with van der Waals surface area (Å²) >= 11 is 0. The maximum absolute atomic E-state index is 14.4. The van der Waals surface area contributed by atoms with Crippen LogP contribution >= 0.6 is 7.14 Å². The fraction of sp³-hybridized carbons (Fsp3) is 0.200. The van der Waals surface area contributed by atoms with E-state index in [-0.39, 0.29) is 24.7 Å². The number of carbonyl (C=O) groups excluding carboxylic acids is 2. The number of ether oxygens (including phenoxy) is 1. The maximum atomic E-state index is 14.4. The molecule has 1 atom stereocenters. The number of rotatable bonds is 10. The fourth-order valence-corrected chi connectivity index (χ4v) is 6.87. The zero-order chi connectivity index (χ0) is 21.2. The van der Waals surface area contributed by atoms with E-state index in [0.717, 1.165) is 16.9 Å². The molecule has 0 aromatic heterocycles. The van der Waals surface area contributed by atoms with Crippen molar-refractivity contribution in [3.05, 3.63) is 96.6 Å². The summed E-state index contributed by atoms with van der Waals surface area (Å²) in [6.45, 7) is 0.215. The summed E-state index contributed by atoms with van der Waals surface area (Å²) in [5, 5.41) is 1.48. The lowest BCUT2D eigenvalue weighted by molar-refractivity contribution is -0.107. The second kappa shape index (κ2) is 10.7. The summed E-state index contributed by atoms with van der Waals surface area (Å²) in [5.41, 5.74) is 0.149. The number of benzene rings is 3. The van der Waals surface area contributed by atoms with Gasteiger partial charge in [0.2, 0.25) is 0 Å². The third-order valence-electron chi connectivity index (χ3n) is 5.09. The summed E-state index contributed by atoms with van der Waals surface area (Å²) in [6, 6.07) is 27.5. The van der Waals surface area contributed by atoms with Crippen LogP contribution in [0, 0.1) is 0 Å². The van der Waals surface area contributed by atoms with Crippen molar-refractivity contribution < 1.29 is 18.9 Å². The van der Waals surface area contributed by atoms with Crippen molar-refractivity contribution in [2.45, 2.75) is 24.9 Å². The van der Waals surface area contributed by atoms with E-state index in [4.69, 9.17) is 4.74 Å². The molecule has 3 rings (SSSR count). The van der Waals surface area contributed by atoms with E-state index >= 15 is 0 Å². The minimum absolute atomic E-state index is 0.188. The second-order valence-corrected chi connectivity index (χ2v) is 10.1. The average molecular weight is 420 g/mol. The molecular weight excluding hydrogens is 395 g/mol. The van der Waals surface area contributed by atoms with Crippen LogP contribution in [0.25, 0.3) is 0 Å². The van der Waals surface area contributed by atoms with Gasteiger partial charge in [0.1, 0.15) is 13.4 Å². The smallest absolute Gasteiger partial charge is 0.338 e. The molecule has 0 bridgehead atoms. The summed E-state index contributed by atoms with van der Waals surface area (Å²) in [4.78, 5) is 23.6. The van der Waals surface area contributed by atoms with E-state index in [0.29, 0.717) is 18.4 Å². The number of hydrogen-bond donors (Lipinski definition) is 0. The van der Waals surface area contributed by atoms with Crippen LogP contribution in [-0.2, 0) is 14.1 Å². The lowest BCUT2D eigenvalue weighted by Gasteiger charge is -2.27. The first-order valence-corrected chi connectivity index (χ1v) is 11.8. The first-order valence-electron chi connectivity index (χ1n) is 10.0. The minimum atomic E-state index is -3.04. The lowest BCUT2D eigenvalue weighted by atomic mass is 10.2. The molecule has 5 heteroatoms. The van der Waals surface area contributed by atoms with Gasteiger partial charge in [0.05, 0.1) is 12.2 Å². The third kappa shape index (κ3) is 5.14. The standard InChI is InChI=1S/C25H25O4P/c26-19-18-24(17-10-20-29-25(27)21-11-4-1-5-12-21)30(28,22-13-6-2-7-14-22)23-15-8-3-9-16-23/h1-9,11-16,19,24H,10,17-18,20H2/t24-/m1/s1. The predicted octanol–water partition coefficient (Wildman–Crippen LogP) is 4.60. The van der Waals surface area contributed by atoms with E-state index in [9.17, 15) is 14.2 Å². The summed E-state index contributed by atoms with van der Waals surface area (Å²) in [5.74, 6) is -0.378. The number of aldehydes is 1. The molecule has 0 N–H and O–H groups in total. The van der Waals surface area contributed by atoms with Gasteiger partial charge in [-0.05, 0) is 25.0 Å². The largest absolute Gasteiger partial charge is 0.462 e. The van der Waals surface area contributed by atoms with Gasteiger partial charge in [-0.15, -0.1) is 0 Å². The highest BCUT2D eigenvalue weighted by Crippen LogP contribution is 2.51. The Kier molecular flexibility index (Phi) is 7.75. The molecule has 154 valence electrons. The molecule has 3 aromatic carbocycles. The molecule has 0 spiro atoms. The Morgan fingerprint density at radius 2 is 1.33 bits per heavy atom. The zero-order valence-corrected chi connectivity index (χ0v) is 17.6. The van der Waals surface area contributed by atoms with E-state index in [1.54, 1.807) is 24.3 Å². The highest BCUT2D eigenvalue weighted by atomic mass is 31.2. The van der Waals surface area contributed by atoms with E-state index in [2.05, 4.69) is 0 Å². The minimum Gasteiger partial charge on any atom is -0.462 e. The van der Waals surface area contributed by atoms with Gasteiger partial charge in [0.25, 0.3) is 0 Å². The van der Waals surface area contributed by atoms with Crippen LogP contribution in [0.4, 0.5) is 0 Å². The number of hydrogen-bond acceptors (Lipinski definition) is 4. The Morgan fingerprint density at radius 3 is 1.83 bits per heavy atom. The topological polar surface area (TPSA) is 60.4 Å². The van der Waals surface area contributed by atoms with E-state index in [1.165, 1.54) is 0 Å². The van der Waals surface area contributed by atoms with Crippen molar-refractivity contribution in [2.24, 2.45) is 0 Å². The van der Waals surface area contributed by atoms with Crippen LogP contribution in [0.1, 0.15) is 29.6 Å². The normalized spacial score (nSPS) is 12.1. The number of carbonyl (C=O) groups is 2. The van der Waals surface area contributed by atoms with Gasteiger partial charge in [-0.1, -0.05) is 78.9 Å². The van der Waals surface area contributed by atoms with Gasteiger partial charge in [0.15, 0.2) is 0 Å². The molecule has 30 heavy (non-hydrogen) atoms. The molecule has 0 aliphatic rings. The van der Waals surface area contributed by atoms with Crippen molar-refractivity contribution in [2.75, 3.05) is 6.61 Å². The van der Waals surface area contributed by atoms with Crippen molar-refractivity contribution in [3.63, 3.8) is 0 Å². The molecule has 0 aliphatic carbocycles. The molecule has 0 aliphatic heterocycles. The van der Waals surface area contributed by atoms with Crippen molar-refractivity contribution >= 4 is 30.0 Å². The van der Waals surface area contributed by atoms with Crippen LogP contribution in [0.2, 0.25) is 0 Å². The third-order valence-corrected chi connectivity index (χ3v) is 8.71. The first-order chi connectivity index (χ1) is 14.7. The highest BCUT2D eigenvalue weighted by Gasteiger charge is 2.35. The van der Waals surface area contributed by atoms with Crippen molar-refractivity contribution in [1.82, 2.24) is 0 Å². The monoisotopic (exact) mass is 420 g/mol. The quantitative estimate of drug-likeness (QED) is 0.208. The van der Waals surface area contributed by atoms with E-state index < -0.39 is 7.14 Å². The molecule has 0 heterocycles. The van der Waals surface area contributed by atoms with Crippen LogP contribution in [0.5, 0.6) is 0 Å². The molecular formula is C25H25O4P. The summed E-state index contributed by atoms with van der Waals surface area (Å²) in [7, 11) is -3.04. The van der Waals surface area contributed by atoms with Gasteiger partial charge in [0, 0.05) is 22.7 Å². The Bertz CT molecular complexity index is 944. The highest BCUT2D eigenvalue weighted by molar-refractivity contribution is 7.79. The van der Waals surface area contributed by atoms with Crippen LogP contribution in [0.15, 0.2) is 91.0 Å². The van der Waals surface area contributed by atoms with Gasteiger partial charge < -0.3 is 14.1 Å². The van der Waals surface area contributed by atoms with Gasteiger partial charge in [-0.3, -0.25) is 0 Å². The molecule has 0 saturated heterocycles. The number of esters is 1. The van der Waals surface area contributed by atoms with Gasteiger partial charge in [-0.25, -0.2) is 4.79 Å². The van der Waals surface area contributed by atoms with E-state index in [1.807, 2.05) is 66.7 Å². The predicted molar refractivity (Wildman–Crippen MR) is 120 cm³/mol. The Morgan fingerprint density at radius 1 is 0.833 bits per heavy atom. The SMILES string of the molecule is O=CC[C@@H](CCCOC(=O)c1ccccc1)P(=O)(c1ccccc1)c1ccccc1. The molecule has 0 unspecified atom stereocenters. The zero-order valence-electron chi connectivity index (χ0n) is 16.7. The summed E-state index contributed by atoms with van der Waals surface area (Å²) in [6.07, 6.45) is 2.06. The van der Waals surface area contributed by atoms with Crippen molar-refractivity contribution in [1.29, 1.82) is 0 Å². The molecule has 4 nitrogen and oxygen atoms in total. The fourth-order valence-electron chi connectivity index (χ4n) is 3.57. The van der Waals surface area contributed by atoms with Crippen LogP contribution in [-0.4, -0.2) is 24.5 Å².